The second kappa shape index (κ2) is 6.12. The number of rotatable bonds is 3. The first-order valence-electron chi connectivity index (χ1n) is 6.38. The van der Waals surface area contributed by atoms with Crippen molar-refractivity contribution >= 4 is 0 Å². The molecule has 2 atom stereocenters. The second-order valence-corrected chi connectivity index (χ2v) is 4.78. The van der Waals surface area contributed by atoms with E-state index in [9.17, 15) is 9.50 Å². The van der Waals surface area contributed by atoms with Gasteiger partial charge in [-0.1, -0.05) is 12.1 Å². The van der Waals surface area contributed by atoms with Gasteiger partial charge in [0.2, 0.25) is 0 Å². The minimum Gasteiger partial charge on any atom is -0.396 e. The lowest BCUT2D eigenvalue weighted by Crippen LogP contribution is -2.19. The lowest BCUT2D eigenvalue weighted by Gasteiger charge is -2.24. The molecule has 2 rings (SSSR count). The van der Waals surface area contributed by atoms with Crippen LogP contribution in [-0.4, -0.2) is 24.8 Å². The third-order valence-electron chi connectivity index (χ3n) is 3.68. The number of hydrogen-bond acceptors (Lipinski definition) is 2. The number of aliphatic hydroxyl groups is 1. The van der Waals surface area contributed by atoms with Crippen molar-refractivity contribution in [2.45, 2.75) is 25.2 Å². The molecule has 17 heavy (non-hydrogen) atoms. The zero-order chi connectivity index (χ0) is 12.1. The molecule has 1 aromatic rings. The van der Waals surface area contributed by atoms with Gasteiger partial charge in [0.05, 0.1) is 6.61 Å². The Morgan fingerprint density at radius 3 is 2.71 bits per heavy atom. The average Bonchev–Trinajstić information content (AvgIpc) is 2.62. The van der Waals surface area contributed by atoms with Gasteiger partial charge < -0.3 is 10.4 Å². The molecule has 0 aromatic heterocycles. The van der Waals surface area contributed by atoms with E-state index in [2.05, 4.69) is 5.32 Å². The first kappa shape index (κ1) is 12.5. The number of benzene rings is 1. The Kier molecular flexibility index (Phi) is 4.51. The van der Waals surface area contributed by atoms with E-state index >= 15 is 0 Å². The van der Waals surface area contributed by atoms with Crippen molar-refractivity contribution in [1.82, 2.24) is 5.32 Å². The molecule has 94 valence electrons. The van der Waals surface area contributed by atoms with Crippen LogP contribution < -0.4 is 5.32 Å². The van der Waals surface area contributed by atoms with Gasteiger partial charge in [0.15, 0.2) is 0 Å². The number of aliphatic hydroxyl groups excluding tert-OH is 1. The minimum atomic E-state index is -0.215. The van der Waals surface area contributed by atoms with Crippen molar-refractivity contribution in [1.29, 1.82) is 0 Å². The quantitative estimate of drug-likeness (QED) is 0.845. The summed E-state index contributed by atoms with van der Waals surface area (Å²) in [5, 5.41) is 13.0. The van der Waals surface area contributed by atoms with Crippen LogP contribution in [0.2, 0.25) is 0 Å². The van der Waals surface area contributed by atoms with Crippen LogP contribution in [-0.2, 0) is 0 Å². The predicted octanol–water partition coefficient (Wildman–Crippen LogP) is 2.29. The van der Waals surface area contributed by atoms with Gasteiger partial charge in [-0.25, -0.2) is 4.39 Å². The van der Waals surface area contributed by atoms with E-state index in [0.29, 0.717) is 5.92 Å². The molecule has 2 N–H and O–H groups in total. The van der Waals surface area contributed by atoms with Crippen LogP contribution >= 0.6 is 0 Å². The molecule has 0 radical (unpaired) electrons. The highest BCUT2D eigenvalue weighted by atomic mass is 19.1. The van der Waals surface area contributed by atoms with Gasteiger partial charge in [-0.2, -0.15) is 0 Å². The van der Waals surface area contributed by atoms with E-state index in [0.717, 1.165) is 37.9 Å². The Labute approximate surface area is 102 Å². The highest BCUT2D eigenvalue weighted by Crippen LogP contribution is 2.31. The summed E-state index contributed by atoms with van der Waals surface area (Å²) in [4.78, 5) is 0. The maximum Gasteiger partial charge on any atom is 0.123 e. The average molecular weight is 237 g/mol. The highest BCUT2D eigenvalue weighted by molar-refractivity contribution is 5.21. The summed E-state index contributed by atoms with van der Waals surface area (Å²) < 4.78 is 12.9. The molecule has 0 saturated carbocycles. The summed E-state index contributed by atoms with van der Waals surface area (Å²) in [6, 6.07) is 6.56. The highest BCUT2D eigenvalue weighted by Gasteiger charge is 2.23. The van der Waals surface area contributed by atoms with Crippen LogP contribution in [0.1, 0.15) is 30.7 Å². The van der Waals surface area contributed by atoms with Crippen molar-refractivity contribution in [2.24, 2.45) is 5.92 Å². The Bertz CT molecular complexity index is 331. The Morgan fingerprint density at radius 1 is 1.24 bits per heavy atom. The van der Waals surface area contributed by atoms with Crippen molar-refractivity contribution in [3.05, 3.63) is 35.6 Å². The molecule has 0 spiro atoms. The largest absolute Gasteiger partial charge is 0.396 e. The molecule has 1 aliphatic heterocycles. The third kappa shape index (κ3) is 3.27. The SMILES string of the molecule is OCC(c1ccc(F)cc1)C1CCCNCC1. The molecule has 1 aromatic carbocycles. The summed E-state index contributed by atoms with van der Waals surface area (Å²) in [6.07, 6.45) is 3.38. The van der Waals surface area contributed by atoms with Crippen molar-refractivity contribution in [3.63, 3.8) is 0 Å². The first-order chi connectivity index (χ1) is 8.31. The summed E-state index contributed by atoms with van der Waals surface area (Å²) in [6.45, 7) is 2.23. The van der Waals surface area contributed by atoms with Crippen LogP contribution in [0.5, 0.6) is 0 Å². The maximum absolute atomic E-state index is 12.9. The standard InChI is InChI=1S/C14H20FNO/c15-13-5-3-12(4-6-13)14(10-17)11-2-1-8-16-9-7-11/h3-6,11,14,16-17H,1-2,7-10H2. The van der Waals surface area contributed by atoms with E-state index in [4.69, 9.17) is 0 Å². The lowest BCUT2D eigenvalue weighted by molar-refractivity contribution is 0.216. The molecule has 1 fully saturated rings. The van der Waals surface area contributed by atoms with E-state index in [1.54, 1.807) is 12.1 Å². The van der Waals surface area contributed by atoms with Gasteiger partial charge in [-0.15, -0.1) is 0 Å². The van der Waals surface area contributed by atoms with Gasteiger partial charge in [-0.05, 0) is 56.0 Å². The number of nitrogens with one attached hydrogen (secondary N) is 1. The van der Waals surface area contributed by atoms with Crippen LogP contribution in [0.4, 0.5) is 4.39 Å². The predicted molar refractivity (Wildman–Crippen MR) is 66.4 cm³/mol. The second-order valence-electron chi connectivity index (χ2n) is 4.78. The van der Waals surface area contributed by atoms with E-state index in [1.165, 1.54) is 12.1 Å². The Hall–Kier alpha value is -0.930. The van der Waals surface area contributed by atoms with Crippen LogP contribution in [0, 0.1) is 11.7 Å². The molecule has 1 aliphatic rings. The number of halogens is 1. The van der Waals surface area contributed by atoms with Gasteiger partial charge in [0, 0.05) is 5.92 Å². The molecule has 1 heterocycles. The molecule has 2 nitrogen and oxygen atoms in total. The van der Waals surface area contributed by atoms with E-state index in [-0.39, 0.29) is 18.3 Å². The summed E-state index contributed by atoms with van der Waals surface area (Å²) in [5.74, 6) is 0.434. The van der Waals surface area contributed by atoms with Gasteiger partial charge >= 0.3 is 0 Å². The molecular formula is C14H20FNO. The van der Waals surface area contributed by atoms with Gasteiger partial charge in [0.1, 0.15) is 5.82 Å². The maximum atomic E-state index is 12.9. The van der Waals surface area contributed by atoms with E-state index < -0.39 is 0 Å². The fourth-order valence-corrected chi connectivity index (χ4v) is 2.69. The third-order valence-corrected chi connectivity index (χ3v) is 3.68. The Balaban J connectivity index is 2.11. The van der Waals surface area contributed by atoms with Crippen LogP contribution in [0.15, 0.2) is 24.3 Å². The fraction of sp³-hybridized carbons (Fsp3) is 0.571. The van der Waals surface area contributed by atoms with Gasteiger partial charge in [-0.3, -0.25) is 0 Å². The zero-order valence-corrected chi connectivity index (χ0v) is 10.0. The first-order valence-corrected chi connectivity index (χ1v) is 6.38. The topological polar surface area (TPSA) is 32.3 Å². The minimum absolute atomic E-state index is 0.149. The Morgan fingerprint density at radius 2 is 2.00 bits per heavy atom. The van der Waals surface area contributed by atoms with Crippen molar-refractivity contribution in [3.8, 4) is 0 Å². The van der Waals surface area contributed by atoms with Crippen molar-refractivity contribution < 1.29 is 9.50 Å². The smallest absolute Gasteiger partial charge is 0.123 e. The normalized spacial score (nSPS) is 23.1. The van der Waals surface area contributed by atoms with Crippen LogP contribution in [0.25, 0.3) is 0 Å². The molecular weight excluding hydrogens is 217 g/mol. The summed E-state index contributed by atoms with van der Waals surface area (Å²) >= 11 is 0. The molecule has 1 saturated heterocycles. The lowest BCUT2D eigenvalue weighted by atomic mass is 9.82. The molecule has 0 aliphatic carbocycles. The van der Waals surface area contributed by atoms with Gasteiger partial charge in [0.25, 0.3) is 0 Å². The van der Waals surface area contributed by atoms with Crippen molar-refractivity contribution in [2.75, 3.05) is 19.7 Å². The number of hydrogen-bond donors (Lipinski definition) is 2. The fourth-order valence-electron chi connectivity index (χ4n) is 2.69. The molecule has 0 amide bonds. The monoisotopic (exact) mass is 237 g/mol. The molecule has 2 unspecified atom stereocenters. The molecule has 0 bridgehead atoms. The van der Waals surface area contributed by atoms with E-state index in [1.807, 2.05) is 0 Å². The summed E-state index contributed by atoms with van der Waals surface area (Å²) in [7, 11) is 0. The molecule has 3 heteroatoms. The zero-order valence-electron chi connectivity index (χ0n) is 10.0. The summed E-state index contributed by atoms with van der Waals surface area (Å²) in [5.41, 5.74) is 1.06. The van der Waals surface area contributed by atoms with Crippen LogP contribution in [0.3, 0.4) is 0 Å².